The van der Waals surface area contributed by atoms with Gasteiger partial charge in [-0.3, -0.25) is 0 Å². The summed E-state index contributed by atoms with van der Waals surface area (Å²) in [7, 11) is 1.43. The second kappa shape index (κ2) is 4.59. The maximum atomic E-state index is 13.1. The normalized spacial score (nSPS) is 12.3. The van der Waals surface area contributed by atoms with Crippen LogP contribution in [0.3, 0.4) is 0 Å². The predicted molar refractivity (Wildman–Crippen MR) is 68.4 cm³/mol. The van der Waals surface area contributed by atoms with Crippen molar-refractivity contribution < 1.29 is 13.2 Å². The molecule has 18 heavy (non-hydrogen) atoms. The van der Waals surface area contributed by atoms with Crippen molar-refractivity contribution in [3.63, 3.8) is 0 Å². The van der Waals surface area contributed by atoms with E-state index in [0.29, 0.717) is 10.9 Å². The van der Waals surface area contributed by atoms with E-state index in [1.54, 1.807) is 18.2 Å². The Balaban J connectivity index is 2.83. The van der Waals surface area contributed by atoms with Gasteiger partial charge < -0.3 is 10.3 Å². The first-order valence-electron chi connectivity index (χ1n) is 5.40. The van der Waals surface area contributed by atoms with E-state index in [2.05, 4.69) is 15.9 Å². The molecule has 2 aromatic rings. The van der Waals surface area contributed by atoms with E-state index < -0.39 is 11.9 Å². The van der Waals surface area contributed by atoms with E-state index in [1.807, 2.05) is 0 Å². The Kier molecular flexibility index (Phi) is 3.42. The van der Waals surface area contributed by atoms with Gasteiger partial charge in [0.25, 0.3) is 0 Å². The molecule has 0 fully saturated rings. The zero-order chi connectivity index (χ0) is 13.5. The fraction of sp³-hybridized carbons (Fsp3) is 0.333. The van der Waals surface area contributed by atoms with Gasteiger partial charge in [-0.25, -0.2) is 0 Å². The molecule has 0 atom stereocenters. The molecule has 0 saturated heterocycles. The lowest BCUT2D eigenvalue weighted by Gasteiger charge is -2.11. The van der Waals surface area contributed by atoms with Gasteiger partial charge >= 0.3 is 6.18 Å². The number of aromatic nitrogens is 1. The quantitative estimate of drug-likeness (QED) is 0.902. The highest BCUT2D eigenvalue weighted by Gasteiger charge is 2.37. The predicted octanol–water partition coefficient (Wildman–Crippen LogP) is 3.46. The maximum absolute atomic E-state index is 13.1. The fourth-order valence-corrected chi connectivity index (χ4v) is 2.60. The van der Waals surface area contributed by atoms with Gasteiger partial charge in [-0.1, -0.05) is 22.0 Å². The first-order chi connectivity index (χ1) is 8.36. The Labute approximate surface area is 111 Å². The van der Waals surface area contributed by atoms with E-state index in [1.165, 1.54) is 11.6 Å². The van der Waals surface area contributed by atoms with Crippen LogP contribution >= 0.6 is 15.9 Å². The standard InChI is InChI=1S/C12H12BrF3N2/c1-18-10-6-7(13)2-3-8(10)9(4-5-17)11(18)12(14,15)16/h2-3,6H,4-5,17H2,1H3. The number of nitrogens with two attached hydrogens (primary N) is 1. The van der Waals surface area contributed by atoms with Gasteiger partial charge in [0, 0.05) is 22.4 Å². The Hall–Kier alpha value is -1.01. The molecule has 0 bridgehead atoms. The SMILES string of the molecule is Cn1c(C(F)(F)F)c(CCN)c2ccc(Br)cc21. The van der Waals surface area contributed by atoms with Gasteiger partial charge in [-0.15, -0.1) is 0 Å². The molecule has 0 spiro atoms. The summed E-state index contributed by atoms with van der Waals surface area (Å²) in [5, 5.41) is 0.610. The summed E-state index contributed by atoms with van der Waals surface area (Å²) < 4.78 is 41.2. The van der Waals surface area contributed by atoms with Gasteiger partial charge in [0.05, 0.1) is 0 Å². The zero-order valence-corrected chi connectivity index (χ0v) is 11.3. The minimum Gasteiger partial charge on any atom is -0.340 e. The van der Waals surface area contributed by atoms with Crippen molar-refractivity contribution in [2.24, 2.45) is 12.8 Å². The summed E-state index contributed by atoms with van der Waals surface area (Å²) in [6.07, 6.45) is -4.15. The Morgan fingerprint density at radius 1 is 1.33 bits per heavy atom. The molecule has 1 aromatic heterocycles. The summed E-state index contributed by atoms with van der Waals surface area (Å²) in [5.74, 6) is 0. The molecule has 1 aromatic carbocycles. The molecule has 0 unspecified atom stereocenters. The van der Waals surface area contributed by atoms with Gasteiger partial charge in [0.1, 0.15) is 5.69 Å². The first-order valence-corrected chi connectivity index (χ1v) is 6.19. The highest BCUT2D eigenvalue weighted by molar-refractivity contribution is 9.10. The third-order valence-corrected chi connectivity index (χ3v) is 3.42. The number of fused-ring (bicyclic) bond motifs is 1. The first kappa shape index (κ1) is 13.4. The van der Waals surface area contributed by atoms with Crippen LogP contribution in [0.2, 0.25) is 0 Å². The van der Waals surface area contributed by atoms with Crippen molar-refractivity contribution in [2.75, 3.05) is 6.54 Å². The van der Waals surface area contributed by atoms with Crippen molar-refractivity contribution in [3.05, 3.63) is 33.9 Å². The Morgan fingerprint density at radius 3 is 2.56 bits per heavy atom. The lowest BCUT2D eigenvalue weighted by molar-refractivity contribution is -0.143. The van der Waals surface area contributed by atoms with E-state index in [-0.39, 0.29) is 18.5 Å². The van der Waals surface area contributed by atoms with Crippen molar-refractivity contribution in [1.29, 1.82) is 0 Å². The van der Waals surface area contributed by atoms with Crippen LogP contribution in [0.25, 0.3) is 10.9 Å². The van der Waals surface area contributed by atoms with Gasteiger partial charge in [0.15, 0.2) is 0 Å². The van der Waals surface area contributed by atoms with Crippen LogP contribution in [0, 0.1) is 0 Å². The summed E-state index contributed by atoms with van der Waals surface area (Å²) in [6.45, 7) is 0.193. The van der Waals surface area contributed by atoms with Crippen LogP contribution in [0.15, 0.2) is 22.7 Å². The largest absolute Gasteiger partial charge is 0.431 e. The average Bonchev–Trinajstić information content (AvgIpc) is 2.52. The molecule has 6 heteroatoms. The molecule has 2 rings (SSSR count). The number of benzene rings is 1. The molecule has 98 valence electrons. The molecule has 2 nitrogen and oxygen atoms in total. The lowest BCUT2D eigenvalue weighted by atomic mass is 10.1. The van der Waals surface area contributed by atoms with Crippen LogP contribution in [0.1, 0.15) is 11.3 Å². The Bertz CT molecular complexity index is 587. The van der Waals surface area contributed by atoms with Crippen molar-refractivity contribution in [1.82, 2.24) is 4.57 Å². The van der Waals surface area contributed by atoms with Crippen LogP contribution in [-0.2, 0) is 19.6 Å². The minimum absolute atomic E-state index is 0.193. The smallest absolute Gasteiger partial charge is 0.340 e. The second-order valence-electron chi connectivity index (χ2n) is 4.08. The second-order valence-corrected chi connectivity index (χ2v) is 5.00. The van der Waals surface area contributed by atoms with Crippen LogP contribution in [-0.4, -0.2) is 11.1 Å². The van der Waals surface area contributed by atoms with Crippen LogP contribution in [0.5, 0.6) is 0 Å². The summed E-state index contributed by atoms with van der Waals surface area (Å²) in [6, 6.07) is 5.12. The van der Waals surface area contributed by atoms with E-state index in [4.69, 9.17) is 5.73 Å². The molecule has 1 heterocycles. The van der Waals surface area contributed by atoms with Crippen LogP contribution in [0.4, 0.5) is 13.2 Å². The summed E-state index contributed by atoms with van der Waals surface area (Å²) in [5.41, 5.74) is 5.64. The molecule has 0 aliphatic heterocycles. The van der Waals surface area contributed by atoms with Gasteiger partial charge in [-0.2, -0.15) is 13.2 Å². The number of hydrogen-bond acceptors (Lipinski definition) is 1. The van der Waals surface area contributed by atoms with E-state index >= 15 is 0 Å². The number of hydrogen-bond donors (Lipinski definition) is 1. The van der Waals surface area contributed by atoms with Crippen molar-refractivity contribution in [2.45, 2.75) is 12.6 Å². The number of aryl methyl sites for hydroxylation is 1. The topological polar surface area (TPSA) is 30.9 Å². The number of rotatable bonds is 2. The van der Waals surface area contributed by atoms with E-state index in [9.17, 15) is 13.2 Å². The maximum Gasteiger partial charge on any atom is 0.431 e. The lowest BCUT2D eigenvalue weighted by Crippen LogP contribution is -2.15. The summed E-state index contributed by atoms with van der Waals surface area (Å²) in [4.78, 5) is 0. The molecule has 0 radical (unpaired) electrons. The highest BCUT2D eigenvalue weighted by atomic mass is 79.9. The monoisotopic (exact) mass is 320 g/mol. The Morgan fingerprint density at radius 2 is 2.00 bits per heavy atom. The average molecular weight is 321 g/mol. The zero-order valence-electron chi connectivity index (χ0n) is 9.68. The fourth-order valence-electron chi connectivity index (χ4n) is 2.25. The van der Waals surface area contributed by atoms with E-state index in [0.717, 1.165) is 4.47 Å². The van der Waals surface area contributed by atoms with Crippen LogP contribution < -0.4 is 5.73 Å². The molecular formula is C12H12BrF3N2. The molecule has 0 amide bonds. The number of nitrogens with zero attached hydrogens (tertiary/aromatic N) is 1. The number of alkyl halides is 3. The van der Waals surface area contributed by atoms with Crippen molar-refractivity contribution >= 4 is 26.8 Å². The molecule has 0 aliphatic rings. The number of halogens is 4. The minimum atomic E-state index is -4.37. The third kappa shape index (κ3) is 2.14. The molecule has 0 aliphatic carbocycles. The molecule has 2 N–H and O–H groups in total. The highest BCUT2D eigenvalue weighted by Crippen LogP contribution is 2.38. The van der Waals surface area contributed by atoms with Crippen molar-refractivity contribution in [3.8, 4) is 0 Å². The molecular weight excluding hydrogens is 309 g/mol. The van der Waals surface area contributed by atoms with Gasteiger partial charge in [-0.05, 0) is 30.7 Å². The molecule has 0 saturated carbocycles. The third-order valence-electron chi connectivity index (χ3n) is 2.93. The summed E-state index contributed by atoms with van der Waals surface area (Å²) >= 11 is 3.27. The van der Waals surface area contributed by atoms with Gasteiger partial charge in [0.2, 0.25) is 0 Å².